The predicted molar refractivity (Wildman–Crippen MR) is 128 cm³/mol. The van der Waals surface area contributed by atoms with Crippen molar-refractivity contribution in [3.05, 3.63) is 47.7 Å². The first-order chi connectivity index (χ1) is 17.4. The van der Waals surface area contributed by atoms with Crippen LogP contribution in [0.25, 0.3) is 0 Å². The van der Waals surface area contributed by atoms with Gasteiger partial charge in [0.05, 0.1) is 38.6 Å². The van der Waals surface area contributed by atoms with Gasteiger partial charge in [-0.2, -0.15) is 0 Å². The van der Waals surface area contributed by atoms with Crippen LogP contribution in [0.1, 0.15) is 36.8 Å². The summed E-state index contributed by atoms with van der Waals surface area (Å²) in [5.41, 5.74) is -1.98. The van der Waals surface area contributed by atoms with Crippen LogP contribution in [0.2, 0.25) is 0 Å². The third-order valence-electron chi connectivity index (χ3n) is 5.81. The highest BCUT2D eigenvalue weighted by Crippen LogP contribution is 2.44. The van der Waals surface area contributed by atoms with Gasteiger partial charge in [-0.15, -0.1) is 0 Å². The molecule has 0 unspecified atom stereocenters. The smallest absolute Gasteiger partial charge is 0.414 e. The molecule has 0 aliphatic carbocycles. The first-order valence-electron chi connectivity index (χ1n) is 11.4. The van der Waals surface area contributed by atoms with Crippen molar-refractivity contribution in [1.82, 2.24) is 20.2 Å². The molecular weight excluding hydrogens is 487 g/mol. The molecule has 13 heteroatoms. The molecule has 2 aromatic rings. The number of nitrogens with one attached hydrogen (secondary N) is 2. The topological polar surface area (TPSA) is 144 Å². The number of guanidine groups is 1. The number of hydrogen-bond acceptors (Lipinski definition) is 9. The molecule has 2 N–H and O–H groups in total. The molecule has 0 spiro atoms. The zero-order valence-electron chi connectivity index (χ0n) is 21.0. The highest BCUT2D eigenvalue weighted by Gasteiger charge is 2.55. The number of rotatable bonds is 4. The molecule has 1 fully saturated rings. The van der Waals surface area contributed by atoms with E-state index in [2.05, 4.69) is 25.6 Å². The molecule has 3 heterocycles. The second-order valence-electron chi connectivity index (χ2n) is 9.54. The van der Waals surface area contributed by atoms with Crippen LogP contribution in [0.15, 0.2) is 35.6 Å². The quantitative estimate of drug-likeness (QED) is 0.631. The summed E-state index contributed by atoms with van der Waals surface area (Å²) in [6.07, 6.45) is 1.72. The maximum Gasteiger partial charge on any atom is 0.414 e. The molecular formula is C24H27FN6O6. The van der Waals surface area contributed by atoms with Crippen LogP contribution in [0, 0.1) is 11.7 Å². The van der Waals surface area contributed by atoms with E-state index in [1.165, 1.54) is 43.6 Å². The number of fused-ring (bicyclic) bond motifs is 1. The summed E-state index contributed by atoms with van der Waals surface area (Å²) in [5.74, 6) is -2.37. The molecule has 1 aromatic heterocycles. The Kier molecular flexibility index (Phi) is 6.82. The zero-order valence-corrected chi connectivity index (χ0v) is 21.0. The highest BCUT2D eigenvalue weighted by molar-refractivity contribution is 6.06. The Morgan fingerprint density at radius 2 is 1.97 bits per heavy atom. The first kappa shape index (κ1) is 25.9. The minimum Gasteiger partial charge on any atom is -0.480 e. The number of amides is 3. The van der Waals surface area contributed by atoms with Crippen LogP contribution in [0.3, 0.4) is 0 Å². The average molecular weight is 515 g/mol. The van der Waals surface area contributed by atoms with Gasteiger partial charge in [-0.3, -0.25) is 19.8 Å². The lowest BCUT2D eigenvalue weighted by Gasteiger charge is -2.38. The van der Waals surface area contributed by atoms with Crippen molar-refractivity contribution in [1.29, 1.82) is 0 Å². The summed E-state index contributed by atoms with van der Waals surface area (Å²) in [6, 6.07) is 3.92. The maximum absolute atomic E-state index is 15.3. The Labute approximate surface area is 212 Å². The van der Waals surface area contributed by atoms with Gasteiger partial charge in [0.15, 0.2) is 0 Å². The van der Waals surface area contributed by atoms with Gasteiger partial charge in [0.2, 0.25) is 17.7 Å². The molecule has 0 bridgehead atoms. The Balaban J connectivity index is 1.68. The van der Waals surface area contributed by atoms with Gasteiger partial charge >= 0.3 is 6.09 Å². The summed E-state index contributed by atoms with van der Waals surface area (Å²) >= 11 is 0. The van der Waals surface area contributed by atoms with Crippen LogP contribution in [-0.2, 0) is 19.8 Å². The third-order valence-corrected chi connectivity index (χ3v) is 5.81. The van der Waals surface area contributed by atoms with Gasteiger partial charge in [-0.25, -0.2) is 24.1 Å². The Bertz CT molecular complexity index is 1260. The number of anilines is 1. The van der Waals surface area contributed by atoms with Crippen molar-refractivity contribution in [3.8, 4) is 5.88 Å². The summed E-state index contributed by atoms with van der Waals surface area (Å²) in [6.45, 7) is 4.97. The minimum atomic E-state index is -1.47. The van der Waals surface area contributed by atoms with Crippen molar-refractivity contribution in [3.63, 3.8) is 0 Å². The summed E-state index contributed by atoms with van der Waals surface area (Å²) in [7, 11) is 2.87. The molecule has 0 saturated carbocycles. The minimum absolute atomic E-state index is 0.00382. The SMILES string of the molecule is COc1cnc(C(=O)Nc2ccc(F)c([C@]34COC[C@H]3C(=O)N(C)C(NC(=O)OC(C)(C)C)=N4)c2)cn1. The fourth-order valence-corrected chi connectivity index (χ4v) is 4.06. The van der Waals surface area contributed by atoms with Crippen molar-refractivity contribution in [2.45, 2.75) is 31.9 Å². The van der Waals surface area contributed by atoms with E-state index in [0.717, 1.165) is 6.07 Å². The number of aromatic nitrogens is 2. The van der Waals surface area contributed by atoms with Gasteiger partial charge < -0.3 is 19.5 Å². The average Bonchev–Trinajstić information content (AvgIpc) is 3.27. The number of alkyl carbamates (subject to hydrolysis) is 1. The molecule has 37 heavy (non-hydrogen) atoms. The van der Waals surface area contributed by atoms with Crippen LogP contribution >= 0.6 is 0 Å². The summed E-state index contributed by atoms with van der Waals surface area (Å²) in [4.78, 5) is 52.0. The van der Waals surface area contributed by atoms with E-state index < -0.39 is 40.8 Å². The van der Waals surface area contributed by atoms with Crippen LogP contribution in [0.5, 0.6) is 5.88 Å². The Morgan fingerprint density at radius 3 is 2.62 bits per heavy atom. The van der Waals surface area contributed by atoms with E-state index >= 15 is 4.39 Å². The lowest BCUT2D eigenvalue weighted by atomic mass is 9.78. The summed E-state index contributed by atoms with van der Waals surface area (Å²) < 4.78 is 31.1. The van der Waals surface area contributed by atoms with Crippen LogP contribution in [-0.4, -0.2) is 71.7 Å². The molecule has 196 valence electrons. The second-order valence-corrected chi connectivity index (χ2v) is 9.54. The predicted octanol–water partition coefficient (Wildman–Crippen LogP) is 2.07. The van der Waals surface area contributed by atoms with Crippen LogP contribution < -0.4 is 15.4 Å². The standard InChI is InChI=1S/C24H27FN6O6/c1-23(2,3)37-22(34)29-21-30-24(12-36-11-15(24)20(33)31(21)4)14-8-13(6-7-16(14)25)28-19(32)17-9-27-18(35-5)10-26-17/h6-10,15H,11-12H2,1-5H3,(H,28,32)(H,29,30,34)/t15-,24+/m0/s1. The molecule has 3 amide bonds. The van der Waals surface area contributed by atoms with E-state index in [1.54, 1.807) is 20.8 Å². The fraction of sp³-hybridized carbons (Fsp3) is 0.417. The molecule has 0 radical (unpaired) electrons. The number of halogens is 1. The number of carbonyl (C=O) groups is 3. The lowest BCUT2D eigenvalue weighted by molar-refractivity contribution is -0.133. The third kappa shape index (κ3) is 5.21. The lowest BCUT2D eigenvalue weighted by Crippen LogP contribution is -2.57. The van der Waals surface area contributed by atoms with E-state index in [4.69, 9.17) is 14.2 Å². The molecule has 1 aromatic carbocycles. The number of hydrogen-bond donors (Lipinski definition) is 2. The maximum atomic E-state index is 15.3. The van der Waals surface area contributed by atoms with Gasteiger partial charge in [0, 0.05) is 18.3 Å². The number of aliphatic imine (C=N–C) groups is 1. The zero-order chi connectivity index (χ0) is 27.0. The van der Waals surface area contributed by atoms with Gasteiger partial charge in [-0.1, -0.05) is 0 Å². The molecule has 2 aliphatic rings. The molecule has 4 rings (SSSR count). The monoisotopic (exact) mass is 514 g/mol. The molecule has 12 nitrogen and oxygen atoms in total. The largest absolute Gasteiger partial charge is 0.480 e. The number of carbonyl (C=O) groups excluding carboxylic acids is 3. The molecule has 1 saturated heterocycles. The number of methoxy groups -OCH3 is 1. The number of nitrogens with zero attached hydrogens (tertiary/aromatic N) is 4. The first-order valence-corrected chi connectivity index (χ1v) is 11.4. The van der Waals surface area contributed by atoms with Gasteiger partial charge in [0.25, 0.3) is 5.91 Å². The van der Waals surface area contributed by atoms with Crippen molar-refractivity contribution in [2.24, 2.45) is 10.9 Å². The Morgan fingerprint density at radius 1 is 1.22 bits per heavy atom. The van der Waals surface area contributed by atoms with Crippen LogP contribution in [0.4, 0.5) is 14.9 Å². The van der Waals surface area contributed by atoms with E-state index in [1.807, 2.05) is 0 Å². The van der Waals surface area contributed by atoms with E-state index in [-0.39, 0.29) is 42.0 Å². The Hall–Kier alpha value is -4.13. The normalized spacial score (nSPS) is 21.1. The van der Waals surface area contributed by atoms with Crippen molar-refractivity contribution < 1.29 is 33.0 Å². The van der Waals surface area contributed by atoms with E-state index in [0.29, 0.717) is 0 Å². The number of ether oxygens (including phenoxy) is 3. The summed E-state index contributed by atoms with van der Waals surface area (Å²) in [5, 5.41) is 5.13. The fourth-order valence-electron chi connectivity index (χ4n) is 4.06. The second kappa shape index (κ2) is 9.73. The van der Waals surface area contributed by atoms with Crippen molar-refractivity contribution >= 4 is 29.6 Å². The van der Waals surface area contributed by atoms with Gasteiger partial charge in [-0.05, 0) is 39.0 Å². The molecule has 2 atom stereocenters. The van der Waals surface area contributed by atoms with E-state index in [9.17, 15) is 14.4 Å². The highest BCUT2D eigenvalue weighted by atomic mass is 19.1. The molecule has 2 aliphatic heterocycles. The van der Waals surface area contributed by atoms with Gasteiger partial charge in [0.1, 0.15) is 22.7 Å². The van der Waals surface area contributed by atoms with Crippen molar-refractivity contribution in [2.75, 3.05) is 32.7 Å². The number of benzene rings is 1.